The molecule has 0 aromatic heterocycles. The number of nitrogens with zero attached hydrogens (tertiary/aromatic N) is 1. The van der Waals surface area contributed by atoms with Crippen molar-refractivity contribution < 1.29 is 14.3 Å². The lowest BCUT2D eigenvalue weighted by molar-refractivity contribution is -0.133. The van der Waals surface area contributed by atoms with Gasteiger partial charge >= 0.3 is 0 Å². The highest BCUT2D eigenvalue weighted by Gasteiger charge is 2.26. The Labute approximate surface area is 145 Å². The summed E-state index contributed by atoms with van der Waals surface area (Å²) in [6.07, 6.45) is 3.14. The van der Waals surface area contributed by atoms with E-state index in [0.29, 0.717) is 0 Å². The molecule has 1 heterocycles. The predicted octanol–water partition coefficient (Wildman–Crippen LogP) is 3.13. The van der Waals surface area contributed by atoms with Gasteiger partial charge in [-0.25, -0.2) is 0 Å². The number of likely N-dealkylation sites (tertiary alicyclic amines) is 1. The molecule has 0 aliphatic carbocycles. The molecule has 0 radical (unpaired) electrons. The molecule has 0 unspecified atom stereocenters. The smallest absolute Gasteiger partial charge is 0.257 e. The van der Waals surface area contributed by atoms with E-state index in [4.69, 9.17) is 27.9 Å². The lowest BCUT2D eigenvalue weighted by atomic mass is 10.1. The summed E-state index contributed by atoms with van der Waals surface area (Å²) in [4.78, 5) is 26.7. The number of ether oxygens (including phenoxy) is 1. The van der Waals surface area contributed by atoms with Gasteiger partial charge in [0, 0.05) is 13.1 Å². The first-order valence-electron chi connectivity index (χ1n) is 7.57. The maximum absolute atomic E-state index is 12.5. The lowest BCUT2D eigenvalue weighted by Gasteiger charge is -2.29. The summed E-state index contributed by atoms with van der Waals surface area (Å²) in [6.45, 7) is 3.14. The standard InChI is InChI=1S/C16H20Cl2N2O3/c1-10(16(22)20-8-4-3-5-9-20)19-15(21)13-11(17)6-7-12(18)14(13)23-2/h6-7,10H,3-5,8-9H2,1-2H3,(H,19,21)/t10-/m0/s1. The van der Waals surface area contributed by atoms with Gasteiger partial charge in [0.05, 0.1) is 17.2 Å². The van der Waals surface area contributed by atoms with Crippen LogP contribution >= 0.6 is 23.2 Å². The molecule has 1 N–H and O–H groups in total. The van der Waals surface area contributed by atoms with Crippen molar-refractivity contribution in [2.75, 3.05) is 20.2 Å². The maximum atomic E-state index is 12.5. The number of piperidine rings is 1. The molecule has 1 aromatic carbocycles. The molecule has 2 rings (SSSR count). The van der Waals surface area contributed by atoms with Gasteiger partial charge in [-0.15, -0.1) is 0 Å². The van der Waals surface area contributed by atoms with E-state index in [1.165, 1.54) is 13.2 Å². The van der Waals surface area contributed by atoms with Crippen molar-refractivity contribution in [2.24, 2.45) is 0 Å². The molecular weight excluding hydrogens is 339 g/mol. The molecule has 23 heavy (non-hydrogen) atoms. The SMILES string of the molecule is COc1c(Cl)ccc(Cl)c1C(=O)N[C@@H](C)C(=O)N1CCCCC1. The fraction of sp³-hybridized carbons (Fsp3) is 0.500. The van der Waals surface area contributed by atoms with Crippen LogP contribution in [-0.4, -0.2) is 43.0 Å². The second-order valence-electron chi connectivity index (χ2n) is 5.52. The summed E-state index contributed by atoms with van der Waals surface area (Å²) >= 11 is 12.1. The van der Waals surface area contributed by atoms with E-state index in [9.17, 15) is 9.59 Å². The van der Waals surface area contributed by atoms with Crippen LogP contribution in [0, 0.1) is 0 Å². The van der Waals surface area contributed by atoms with Crippen molar-refractivity contribution in [1.82, 2.24) is 10.2 Å². The second kappa shape index (κ2) is 7.88. The third-order valence-electron chi connectivity index (χ3n) is 3.88. The Hall–Kier alpha value is -1.46. The van der Waals surface area contributed by atoms with Crippen LogP contribution in [0.5, 0.6) is 5.75 Å². The molecular formula is C16H20Cl2N2O3. The summed E-state index contributed by atoms with van der Waals surface area (Å²) in [7, 11) is 1.41. The van der Waals surface area contributed by atoms with Gasteiger partial charge in [-0.1, -0.05) is 23.2 Å². The summed E-state index contributed by atoms with van der Waals surface area (Å²) in [5, 5.41) is 3.20. The Morgan fingerprint density at radius 1 is 1.17 bits per heavy atom. The Kier molecular flexibility index (Phi) is 6.13. The molecule has 2 amide bonds. The number of methoxy groups -OCH3 is 1. The first-order chi connectivity index (χ1) is 11.0. The predicted molar refractivity (Wildman–Crippen MR) is 90.4 cm³/mol. The Morgan fingerprint density at radius 2 is 1.78 bits per heavy atom. The van der Waals surface area contributed by atoms with E-state index >= 15 is 0 Å². The second-order valence-corrected chi connectivity index (χ2v) is 6.33. The first kappa shape index (κ1) is 17.9. The zero-order chi connectivity index (χ0) is 17.0. The van der Waals surface area contributed by atoms with Crippen molar-refractivity contribution in [3.05, 3.63) is 27.7 Å². The molecule has 7 heteroatoms. The molecule has 0 bridgehead atoms. The molecule has 5 nitrogen and oxygen atoms in total. The van der Waals surface area contributed by atoms with Crippen LogP contribution in [0.1, 0.15) is 36.5 Å². The van der Waals surface area contributed by atoms with Crippen LogP contribution in [0.3, 0.4) is 0 Å². The van der Waals surface area contributed by atoms with Gasteiger partial charge in [-0.3, -0.25) is 9.59 Å². The van der Waals surface area contributed by atoms with E-state index in [0.717, 1.165) is 32.4 Å². The van der Waals surface area contributed by atoms with Gasteiger partial charge in [0.15, 0.2) is 5.75 Å². The van der Waals surface area contributed by atoms with Crippen LogP contribution in [-0.2, 0) is 4.79 Å². The van der Waals surface area contributed by atoms with Crippen LogP contribution in [0.4, 0.5) is 0 Å². The molecule has 0 saturated carbocycles. The minimum absolute atomic E-state index is 0.0878. The molecule has 1 aliphatic rings. The third-order valence-corrected chi connectivity index (χ3v) is 4.49. The van der Waals surface area contributed by atoms with Gasteiger partial charge in [-0.05, 0) is 38.3 Å². The number of rotatable bonds is 4. The van der Waals surface area contributed by atoms with Gasteiger partial charge in [-0.2, -0.15) is 0 Å². The van der Waals surface area contributed by atoms with Crippen LogP contribution < -0.4 is 10.1 Å². The number of carbonyl (C=O) groups excluding carboxylic acids is 2. The quantitative estimate of drug-likeness (QED) is 0.899. The van der Waals surface area contributed by atoms with Crippen LogP contribution in [0.2, 0.25) is 10.0 Å². The van der Waals surface area contributed by atoms with Gasteiger partial charge < -0.3 is 15.0 Å². The van der Waals surface area contributed by atoms with Gasteiger partial charge in [0.25, 0.3) is 5.91 Å². The first-order valence-corrected chi connectivity index (χ1v) is 8.33. The molecule has 1 fully saturated rings. The Bertz CT molecular complexity index is 601. The highest BCUT2D eigenvalue weighted by atomic mass is 35.5. The normalized spacial score (nSPS) is 15.9. The monoisotopic (exact) mass is 358 g/mol. The molecule has 1 aliphatic heterocycles. The van der Waals surface area contributed by atoms with E-state index in [1.54, 1.807) is 17.9 Å². The van der Waals surface area contributed by atoms with Crippen LogP contribution in [0.15, 0.2) is 12.1 Å². The summed E-state index contributed by atoms with van der Waals surface area (Å²) in [5.74, 6) is -0.364. The van der Waals surface area contributed by atoms with Gasteiger partial charge in [0.2, 0.25) is 5.91 Å². The van der Waals surface area contributed by atoms with E-state index in [2.05, 4.69) is 5.32 Å². The minimum Gasteiger partial charge on any atom is -0.494 e. The maximum Gasteiger partial charge on any atom is 0.257 e. The lowest BCUT2D eigenvalue weighted by Crippen LogP contribution is -2.48. The number of halogens is 2. The van der Waals surface area contributed by atoms with Crippen molar-refractivity contribution in [3.8, 4) is 5.75 Å². The zero-order valence-corrected chi connectivity index (χ0v) is 14.7. The zero-order valence-electron chi connectivity index (χ0n) is 13.2. The molecule has 126 valence electrons. The number of benzene rings is 1. The van der Waals surface area contributed by atoms with E-state index in [-0.39, 0.29) is 27.3 Å². The Morgan fingerprint density at radius 3 is 2.39 bits per heavy atom. The van der Waals surface area contributed by atoms with Crippen molar-refractivity contribution in [1.29, 1.82) is 0 Å². The number of hydrogen-bond acceptors (Lipinski definition) is 3. The molecule has 1 atom stereocenters. The molecule has 1 aromatic rings. The minimum atomic E-state index is -0.639. The van der Waals surface area contributed by atoms with Crippen molar-refractivity contribution in [2.45, 2.75) is 32.2 Å². The number of amides is 2. The topological polar surface area (TPSA) is 58.6 Å². The number of nitrogens with one attached hydrogen (secondary N) is 1. The van der Waals surface area contributed by atoms with Gasteiger partial charge in [0.1, 0.15) is 11.6 Å². The van der Waals surface area contributed by atoms with Crippen molar-refractivity contribution >= 4 is 35.0 Å². The summed E-state index contributed by atoms with van der Waals surface area (Å²) in [5.41, 5.74) is 0.139. The third kappa shape index (κ3) is 4.09. The van der Waals surface area contributed by atoms with E-state index in [1.807, 2.05) is 0 Å². The highest BCUT2D eigenvalue weighted by molar-refractivity contribution is 6.37. The average molecular weight is 359 g/mol. The average Bonchev–Trinajstić information content (AvgIpc) is 2.56. The highest BCUT2D eigenvalue weighted by Crippen LogP contribution is 2.33. The van der Waals surface area contributed by atoms with Crippen molar-refractivity contribution in [3.63, 3.8) is 0 Å². The summed E-state index contributed by atoms with van der Waals surface area (Å²) < 4.78 is 5.16. The fourth-order valence-electron chi connectivity index (χ4n) is 2.66. The molecule has 1 saturated heterocycles. The van der Waals surface area contributed by atoms with E-state index < -0.39 is 11.9 Å². The molecule has 0 spiro atoms. The number of hydrogen-bond donors (Lipinski definition) is 1. The Balaban J connectivity index is 2.12. The summed E-state index contributed by atoms with van der Waals surface area (Å²) in [6, 6.07) is 2.45. The number of carbonyl (C=O) groups is 2. The van der Waals surface area contributed by atoms with Crippen LogP contribution in [0.25, 0.3) is 0 Å². The largest absolute Gasteiger partial charge is 0.494 e. The fourth-order valence-corrected chi connectivity index (χ4v) is 3.13.